The van der Waals surface area contributed by atoms with Crippen molar-refractivity contribution in [1.29, 1.82) is 0 Å². The fourth-order valence-electron chi connectivity index (χ4n) is 8.98. The number of thioether (sulfide) groups is 1. The highest BCUT2D eigenvalue weighted by Gasteiger charge is 2.75. The zero-order chi connectivity index (χ0) is 28.4. The first-order valence-electron chi connectivity index (χ1n) is 14.5. The summed E-state index contributed by atoms with van der Waals surface area (Å²) >= 11 is 1.24. The van der Waals surface area contributed by atoms with Crippen LogP contribution in [-0.4, -0.2) is 68.6 Å². The first kappa shape index (κ1) is 29.0. The number of alkyl halides is 1. The van der Waals surface area contributed by atoms with E-state index in [0.29, 0.717) is 24.8 Å². The van der Waals surface area contributed by atoms with Crippen LogP contribution in [0.15, 0.2) is 23.8 Å². The van der Waals surface area contributed by atoms with Gasteiger partial charge in [-0.15, -0.1) is 0 Å². The maximum Gasteiger partial charge on any atom is 0.237 e. The number of nitrogens with two attached hydrogens (primary N) is 1. The second-order valence-corrected chi connectivity index (χ2v) is 14.2. The molecule has 0 bridgehead atoms. The minimum atomic E-state index is -2.00. The smallest absolute Gasteiger partial charge is 0.237 e. The Morgan fingerprint density at radius 2 is 1.92 bits per heavy atom. The number of allylic oxidation sites excluding steroid dienone is 4. The maximum absolute atomic E-state index is 17.3. The van der Waals surface area contributed by atoms with Crippen molar-refractivity contribution in [1.82, 2.24) is 5.32 Å². The number of fused-ring (bicyclic) bond motifs is 5. The molecule has 1 unspecified atom stereocenters. The quantitative estimate of drug-likeness (QED) is 0.375. The zero-order valence-corrected chi connectivity index (χ0v) is 24.1. The second-order valence-electron chi connectivity index (χ2n) is 13.2. The molecule has 0 heterocycles. The number of amides is 1. The van der Waals surface area contributed by atoms with Crippen molar-refractivity contribution in [2.75, 3.05) is 11.5 Å². The fraction of sp³-hybridized carbons (Fsp3) is 0.767. The SMILES string of the molecule is C[C@@H]1C[C@H]2[C@@H]3CCC4=CC(=O)C=C[C@]4(C)[C@@]3(F)[C@@H](O)C[C@]2(C)[C@@]1(O)C(=O)CSCC(N)C(=O)NC1CCCC1. The zero-order valence-electron chi connectivity index (χ0n) is 23.2. The Labute approximate surface area is 234 Å². The summed E-state index contributed by atoms with van der Waals surface area (Å²) < 4.78 is 17.3. The van der Waals surface area contributed by atoms with Crippen molar-refractivity contribution in [2.45, 2.75) is 102 Å². The van der Waals surface area contributed by atoms with E-state index in [-0.39, 0.29) is 47.4 Å². The molecule has 5 aliphatic carbocycles. The summed E-state index contributed by atoms with van der Waals surface area (Å²) in [7, 11) is 0. The third kappa shape index (κ3) is 4.20. The molecule has 39 heavy (non-hydrogen) atoms. The molecule has 0 spiro atoms. The lowest BCUT2D eigenvalue weighted by Crippen LogP contribution is -2.69. The number of aliphatic hydroxyl groups is 2. The van der Waals surface area contributed by atoms with Crippen molar-refractivity contribution in [3.63, 3.8) is 0 Å². The topological polar surface area (TPSA) is 130 Å². The molecular formula is C30H43FN2O5S. The Bertz CT molecular complexity index is 1110. The number of ketones is 2. The third-order valence-electron chi connectivity index (χ3n) is 11.2. The van der Waals surface area contributed by atoms with Crippen LogP contribution < -0.4 is 11.1 Å². The predicted molar refractivity (Wildman–Crippen MR) is 149 cm³/mol. The van der Waals surface area contributed by atoms with Gasteiger partial charge in [-0.1, -0.05) is 38.3 Å². The van der Waals surface area contributed by atoms with Gasteiger partial charge in [0, 0.05) is 28.5 Å². The second kappa shape index (κ2) is 10.1. The molecule has 0 radical (unpaired) electrons. The lowest BCUT2D eigenvalue weighted by molar-refractivity contribution is -0.218. The highest BCUT2D eigenvalue weighted by Crippen LogP contribution is 2.70. The molecule has 216 valence electrons. The normalized spacial score (nSPS) is 44.3. The van der Waals surface area contributed by atoms with Gasteiger partial charge in [0.2, 0.25) is 5.91 Å². The van der Waals surface area contributed by atoms with Crippen molar-refractivity contribution >= 4 is 29.2 Å². The molecule has 4 fully saturated rings. The highest BCUT2D eigenvalue weighted by atomic mass is 32.2. The Balaban J connectivity index is 1.31. The van der Waals surface area contributed by atoms with Gasteiger partial charge in [-0.3, -0.25) is 14.4 Å². The number of hydrogen-bond acceptors (Lipinski definition) is 7. The summed E-state index contributed by atoms with van der Waals surface area (Å²) in [5.74, 6) is -1.76. The molecule has 9 heteroatoms. The van der Waals surface area contributed by atoms with E-state index < -0.39 is 46.1 Å². The Morgan fingerprint density at radius 3 is 2.62 bits per heavy atom. The first-order valence-corrected chi connectivity index (χ1v) is 15.6. The molecular weight excluding hydrogens is 519 g/mol. The minimum absolute atomic E-state index is 0.00939. The maximum atomic E-state index is 17.3. The average Bonchev–Trinajstić information content (AvgIpc) is 3.46. The molecule has 4 saturated carbocycles. The molecule has 7 nitrogen and oxygen atoms in total. The molecule has 9 atom stereocenters. The Kier molecular flexibility index (Phi) is 7.48. The number of nitrogens with one attached hydrogen (secondary N) is 1. The number of carbonyl (C=O) groups excluding carboxylic acids is 3. The summed E-state index contributed by atoms with van der Waals surface area (Å²) in [4.78, 5) is 38.2. The first-order chi connectivity index (χ1) is 18.3. The molecule has 1 amide bonds. The Morgan fingerprint density at radius 1 is 1.23 bits per heavy atom. The summed E-state index contributed by atoms with van der Waals surface area (Å²) in [6, 6.07) is -0.572. The number of halogens is 1. The number of rotatable bonds is 7. The summed E-state index contributed by atoms with van der Waals surface area (Å²) in [5.41, 5.74) is 0.969. The predicted octanol–water partition coefficient (Wildman–Crippen LogP) is 3.02. The van der Waals surface area contributed by atoms with E-state index in [0.717, 1.165) is 25.7 Å². The third-order valence-corrected chi connectivity index (χ3v) is 12.3. The Hall–Kier alpha value is -1.55. The van der Waals surface area contributed by atoms with Crippen molar-refractivity contribution in [3.05, 3.63) is 23.8 Å². The van der Waals surface area contributed by atoms with Gasteiger partial charge in [-0.25, -0.2) is 4.39 Å². The van der Waals surface area contributed by atoms with Crippen LogP contribution in [0.3, 0.4) is 0 Å². The molecule has 5 aliphatic rings. The summed E-state index contributed by atoms with van der Waals surface area (Å²) in [6.07, 6.45) is 8.67. The average molecular weight is 563 g/mol. The number of aliphatic hydroxyl groups excluding tert-OH is 1. The molecule has 5 N–H and O–H groups in total. The van der Waals surface area contributed by atoms with E-state index in [1.807, 2.05) is 13.8 Å². The van der Waals surface area contributed by atoms with E-state index in [4.69, 9.17) is 5.73 Å². The van der Waals surface area contributed by atoms with Crippen LogP contribution >= 0.6 is 11.8 Å². The van der Waals surface area contributed by atoms with Gasteiger partial charge >= 0.3 is 0 Å². The standard InChI is InChI=1S/C30H43FN2O5S/c1-17-12-22-21-9-8-18-13-20(34)10-11-27(18,2)29(21,31)24(35)14-28(22,3)30(17,38)25(36)16-39-15-23(32)26(37)33-19-6-4-5-7-19/h10-11,13,17,19,21-24,35,38H,4-9,12,14-16,32H2,1-3H3,(H,33,37)/t17-,21+,22+,23?,24+,27+,28+,29+,30+/m1/s1. The van der Waals surface area contributed by atoms with E-state index in [1.165, 1.54) is 23.9 Å². The van der Waals surface area contributed by atoms with Gasteiger partial charge in [-0.2, -0.15) is 11.8 Å². The molecule has 0 saturated heterocycles. The van der Waals surface area contributed by atoms with Crippen LogP contribution in [0.5, 0.6) is 0 Å². The number of hydrogen-bond donors (Lipinski definition) is 4. The number of Topliss-reactive ketones (excluding diaryl/α,β-unsaturated/α-hetero) is 1. The van der Waals surface area contributed by atoms with Crippen LogP contribution in [0.1, 0.15) is 72.1 Å². The van der Waals surface area contributed by atoms with E-state index >= 15 is 4.39 Å². The lowest BCUT2D eigenvalue weighted by atomic mass is 9.44. The van der Waals surface area contributed by atoms with Crippen LogP contribution in [0.25, 0.3) is 0 Å². The van der Waals surface area contributed by atoms with Crippen LogP contribution in [-0.2, 0) is 14.4 Å². The lowest BCUT2D eigenvalue weighted by Gasteiger charge is -2.62. The van der Waals surface area contributed by atoms with Crippen molar-refractivity contribution in [3.8, 4) is 0 Å². The molecule has 0 aliphatic heterocycles. The van der Waals surface area contributed by atoms with E-state index in [2.05, 4.69) is 5.32 Å². The fourth-order valence-corrected chi connectivity index (χ4v) is 9.91. The molecule has 0 aromatic carbocycles. The van der Waals surface area contributed by atoms with Gasteiger partial charge in [0.1, 0.15) is 5.60 Å². The monoisotopic (exact) mass is 562 g/mol. The molecule has 5 rings (SSSR count). The van der Waals surface area contributed by atoms with Gasteiger partial charge < -0.3 is 21.3 Å². The molecule has 0 aromatic rings. The largest absolute Gasteiger partial charge is 0.390 e. The number of carbonyl (C=O) groups is 3. The van der Waals surface area contributed by atoms with E-state index in [9.17, 15) is 24.6 Å². The van der Waals surface area contributed by atoms with Crippen LogP contribution in [0.4, 0.5) is 4.39 Å². The van der Waals surface area contributed by atoms with E-state index in [1.54, 1.807) is 13.0 Å². The summed E-state index contributed by atoms with van der Waals surface area (Å²) in [5, 5.41) is 26.5. The van der Waals surface area contributed by atoms with Gasteiger partial charge in [0.25, 0.3) is 0 Å². The van der Waals surface area contributed by atoms with Crippen LogP contribution in [0, 0.1) is 28.6 Å². The van der Waals surface area contributed by atoms with Crippen molar-refractivity contribution in [2.24, 2.45) is 34.3 Å². The van der Waals surface area contributed by atoms with Gasteiger partial charge in [-0.05, 0) is 69.4 Å². The van der Waals surface area contributed by atoms with Crippen molar-refractivity contribution < 1.29 is 29.0 Å². The van der Waals surface area contributed by atoms with Gasteiger partial charge in [0.15, 0.2) is 17.2 Å². The summed E-state index contributed by atoms with van der Waals surface area (Å²) in [6.45, 7) is 5.44. The van der Waals surface area contributed by atoms with Gasteiger partial charge in [0.05, 0.1) is 17.9 Å². The minimum Gasteiger partial charge on any atom is -0.390 e. The molecule has 0 aromatic heterocycles. The highest BCUT2D eigenvalue weighted by molar-refractivity contribution is 8.00. The van der Waals surface area contributed by atoms with Crippen LogP contribution in [0.2, 0.25) is 0 Å².